The highest BCUT2D eigenvalue weighted by Gasteiger charge is 2.48. The number of fused-ring (bicyclic) bond motifs is 1. The molecule has 3 aliphatic rings. The van der Waals surface area contributed by atoms with Crippen LogP contribution in [0.5, 0.6) is 0 Å². The van der Waals surface area contributed by atoms with Crippen molar-refractivity contribution in [3.05, 3.63) is 0 Å². The Morgan fingerprint density at radius 1 is 1.22 bits per heavy atom. The summed E-state index contributed by atoms with van der Waals surface area (Å²) in [7, 11) is 0. The van der Waals surface area contributed by atoms with Gasteiger partial charge in [0.25, 0.3) is 0 Å². The zero-order valence-electron chi connectivity index (χ0n) is 15.9. The second kappa shape index (κ2) is 8.50. The van der Waals surface area contributed by atoms with E-state index in [1.54, 1.807) is 6.92 Å². The number of rotatable bonds is 5. The van der Waals surface area contributed by atoms with Gasteiger partial charge in [-0.15, -0.1) is 0 Å². The normalized spacial score (nSPS) is 35.7. The van der Waals surface area contributed by atoms with Gasteiger partial charge in [0.05, 0.1) is 0 Å². The fourth-order valence-electron chi connectivity index (χ4n) is 4.37. The van der Waals surface area contributed by atoms with Crippen LogP contribution in [0.15, 0.2) is 0 Å². The van der Waals surface area contributed by atoms with Gasteiger partial charge in [0.15, 0.2) is 0 Å². The van der Waals surface area contributed by atoms with Crippen LogP contribution in [0.4, 0.5) is 18.0 Å². The largest absolute Gasteiger partial charge is 0.405 e. The second-order valence-corrected chi connectivity index (χ2v) is 8.24. The maximum Gasteiger partial charge on any atom is 0.405 e. The van der Waals surface area contributed by atoms with Crippen molar-refractivity contribution in [3.63, 3.8) is 0 Å². The summed E-state index contributed by atoms with van der Waals surface area (Å²) in [6, 6.07) is -0.898. The maximum atomic E-state index is 13.1. The molecule has 2 aliphatic heterocycles. The summed E-state index contributed by atoms with van der Waals surface area (Å²) < 4.78 is 39.4. The van der Waals surface area contributed by atoms with Crippen LogP contribution in [0.3, 0.4) is 0 Å². The number of carbonyl (C=O) groups excluding carboxylic acids is 1. The Bertz CT molecular complexity index is 519. The van der Waals surface area contributed by atoms with E-state index in [1.807, 2.05) is 6.92 Å². The minimum atomic E-state index is -4.25. The molecule has 3 rings (SSSR count). The summed E-state index contributed by atoms with van der Waals surface area (Å²) in [5, 5.41) is 13.9. The Labute approximate surface area is 158 Å². The van der Waals surface area contributed by atoms with E-state index in [0.29, 0.717) is 18.6 Å². The third-order valence-corrected chi connectivity index (χ3v) is 5.75. The van der Waals surface area contributed by atoms with Gasteiger partial charge in [-0.2, -0.15) is 13.2 Å². The highest BCUT2D eigenvalue weighted by Crippen LogP contribution is 2.31. The van der Waals surface area contributed by atoms with Crippen molar-refractivity contribution in [1.82, 2.24) is 31.7 Å². The molecule has 6 atom stereocenters. The number of halogens is 3. The van der Waals surface area contributed by atoms with E-state index < -0.39 is 12.2 Å². The lowest BCUT2D eigenvalue weighted by Gasteiger charge is -2.32. The molecule has 0 radical (unpaired) electrons. The van der Waals surface area contributed by atoms with Gasteiger partial charge in [-0.1, -0.05) is 6.92 Å². The zero-order valence-corrected chi connectivity index (χ0v) is 15.9. The summed E-state index contributed by atoms with van der Waals surface area (Å²) >= 11 is 0. The number of nitrogens with one attached hydrogen (secondary N) is 5. The van der Waals surface area contributed by atoms with Gasteiger partial charge in [0, 0.05) is 43.9 Å². The molecular weight excluding hydrogens is 361 g/mol. The van der Waals surface area contributed by atoms with Crippen LogP contribution in [0, 0.1) is 5.92 Å². The van der Waals surface area contributed by atoms with Crippen LogP contribution in [0.2, 0.25) is 0 Å². The average molecular weight is 392 g/mol. The van der Waals surface area contributed by atoms with Gasteiger partial charge < -0.3 is 21.3 Å². The molecule has 0 bridgehead atoms. The Kier molecular flexibility index (Phi) is 6.50. The highest BCUT2D eigenvalue weighted by molar-refractivity contribution is 5.74. The van der Waals surface area contributed by atoms with Crippen molar-refractivity contribution in [2.45, 2.75) is 75.9 Å². The molecule has 0 aromatic carbocycles. The van der Waals surface area contributed by atoms with E-state index in [-0.39, 0.29) is 37.0 Å². The Hall–Kier alpha value is -1.10. The minimum absolute atomic E-state index is 0.0524. The topological polar surface area (TPSA) is 80.5 Å². The van der Waals surface area contributed by atoms with Gasteiger partial charge in [-0.25, -0.2) is 9.80 Å². The van der Waals surface area contributed by atoms with Crippen LogP contribution >= 0.6 is 0 Å². The predicted molar refractivity (Wildman–Crippen MR) is 95.8 cm³/mol. The number of urea groups is 1. The molecule has 7 nitrogen and oxygen atoms in total. The lowest BCUT2D eigenvalue weighted by Crippen LogP contribution is -2.51. The van der Waals surface area contributed by atoms with Crippen molar-refractivity contribution >= 4 is 6.03 Å². The lowest BCUT2D eigenvalue weighted by molar-refractivity contribution is -0.181. The summed E-state index contributed by atoms with van der Waals surface area (Å²) in [6.45, 7) is 4.98. The predicted octanol–water partition coefficient (Wildman–Crippen LogP) is 0.891. The molecule has 1 saturated carbocycles. The molecule has 10 heteroatoms. The Morgan fingerprint density at radius 3 is 2.70 bits per heavy atom. The number of hydrogen-bond donors (Lipinski definition) is 5. The second-order valence-electron chi connectivity index (χ2n) is 8.24. The quantitative estimate of drug-likeness (QED) is 0.480. The van der Waals surface area contributed by atoms with Crippen molar-refractivity contribution in [3.8, 4) is 0 Å². The molecule has 5 N–H and O–H groups in total. The van der Waals surface area contributed by atoms with Crippen molar-refractivity contribution in [2.75, 3.05) is 19.8 Å². The first kappa shape index (κ1) is 20.6. The SMILES string of the molecule is CC1CC(C(F)(F)F)N(C[C@@H](C)CNC(=O)NC2CCC3NCNC3C2)N1. The van der Waals surface area contributed by atoms with Crippen molar-refractivity contribution in [1.29, 1.82) is 0 Å². The summed E-state index contributed by atoms with van der Waals surface area (Å²) in [6.07, 6.45) is -1.34. The number of carbonyl (C=O) groups is 1. The fraction of sp³-hybridized carbons (Fsp3) is 0.941. The first-order valence-electron chi connectivity index (χ1n) is 9.83. The van der Waals surface area contributed by atoms with Crippen LogP contribution < -0.4 is 26.7 Å². The lowest BCUT2D eigenvalue weighted by atomic mass is 9.88. The first-order chi connectivity index (χ1) is 12.7. The van der Waals surface area contributed by atoms with Gasteiger partial charge in [-0.05, 0) is 38.5 Å². The van der Waals surface area contributed by atoms with Crippen LogP contribution in [0.1, 0.15) is 39.5 Å². The zero-order chi connectivity index (χ0) is 19.6. The van der Waals surface area contributed by atoms with E-state index >= 15 is 0 Å². The fourth-order valence-corrected chi connectivity index (χ4v) is 4.37. The molecule has 3 fully saturated rings. The Morgan fingerprint density at radius 2 is 1.96 bits per heavy atom. The first-order valence-corrected chi connectivity index (χ1v) is 9.83. The Balaban J connectivity index is 1.38. The van der Waals surface area contributed by atoms with Crippen LogP contribution in [0.25, 0.3) is 0 Å². The number of nitrogens with zero attached hydrogens (tertiary/aromatic N) is 1. The minimum Gasteiger partial charge on any atom is -0.338 e. The standard InChI is InChI=1S/C17H31F3N6O/c1-10(8-26-15(17(18,19)20)5-11(2)25-26)7-21-16(27)24-12-3-4-13-14(6-12)23-9-22-13/h10-15,22-23,25H,3-9H2,1-2H3,(H2,21,24,27)/t10-,11?,12?,13?,14?,15?/m0/s1. The molecule has 0 aromatic rings. The molecule has 156 valence electrons. The van der Waals surface area contributed by atoms with E-state index in [9.17, 15) is 18.0 Å². The molecule has 2 amide bonds. The van der Waals surface area contributed by atoms with E-state index in [1.165, 1.54) is 5.01 Å². The van der Waals surface area contributed by atoms with Crippen molar-refractivity contribution < 1.29 is 18.0 Å². The highest BCUT2D eigenvalue weighted by atomic mass is 19.4. The summed E-state index contributed by atoms with van der Waals surface area (Å²) in [5.74, 6) is -0.102. The smallest absolute Gasteiger partial charge is 0.338 e. The number of hydrazine groups is 1. The van der Waals surface area contributed by atoms with E-state index in [4.69, 9.17) is 0 Å². The molecule has 2 heterocycles. The molecule has 0 aromatic heterocycles. The number of amides is 2. The number of alkyl halides is 3. The van der Waals surface area contributed by atoms with Gasteiger partial charge in [0.2, 0.25) is 0 Å². The number of hydrogen-bond acceptors (Lipinski definition) is 5. The molecular formula is C17H31F3N6O. The third kappa shape index (κ3) is 5.46. The third-order valence-electron chi connectivity index (χ3n) is 5.75. The van der Waals surface area contributed by atoms with E-state index in [2.05, 4.69) is 26.7 Å². The average Bonchev–Trinajstić information content (AvgIpc) is 3.18. The van der Waals surface area contributed by atoms with Gasteiger partial charge in [0.1, 0.15) is 6.04 Å². The molecule has 2 saturated heterocycles. The van der Waals surface area contributed by atoms with Gasteiger partial charge >= 0.3 is 12.2 Å². The molecule has 5 unspecified atom stereocenters. The molecule has 0 spiro atoms. The molecule has 1 aliphatic carbocycles. The van der Waals surface area contributed by atoms with Gasteiger partial charge in [-0.3, -0.25) is 5.43 Å². The molecule has 27 heavy (non-hydrogen) atoms. The van der Waals surface area contributed by atoms with Crippen molar-refractivity contribution in [2.24, 2.45) is 5.92 Å². The maximum absolute atomic E-state index is 13.1. The summed E-state index contributed by atoms with van der Waals surface area (Å²) in [5.41, 5.74) is 2.89. The van der Waals surface area contributed by atoms with Crippen LogP contribution in [-0.2, 0) is 0 Å². The monoisotopic (exact) mass is 392 g/mol. The van der Waals surface area contributed by atoms with E-state index in [0.717, 1.165) is 25.9 Å². The van der Waals surface area contributed by atoms with Crippen LogP contribution in [-0.4, -0.2) is 67.2 Å². The summed E-state index contributed by atoms with van der Waals surface area (Å²) in [4.78, 5) is 12.2.